The van der Waals surface area contributed by atoms with Crippen LogP contribution in [0.3, 0.4) is 0 Å². The predicted molar refractivity (Wildman–Crippen MR) is 101 cm³/mol. The number of carbonyl (C=O) groups is 2. The van der Waals surface area contributed by atoms with E-state index in [1.807, 2.05) is 6.92 Å². The van der Waals surface area contributed by atoms with Crippen LogP contribution < -0.4 is 5.32 Å². The molecule has 0 bridgehead atoms. The van der Waals surface area contributed by atoms with Crippen molar-refractivity contribution in [2.24, 2.45) is 5.92 Å². The summed E-state index contributed by atoms with van der Waals surface area (Å²) in [5.41, 5.74) is 0.993. The molecule has 1 N–H and O–H groups in total. The Labute approximate surface area is 156 Å². The standard InChI is InChI=1S/C21H31FN2O2/c1-3-4-5-6-7-16(2)23-21(26)18-14-20(25)24(15-18)13-12-17-8-10-19(22)11-9-17/h8-11,16,18H,3-7,12-15H2,1-2H3,(H,23,26). The van der Waals surface area contributed by atoms with Gasteiger partial charge in [0.15, 0.2) is 0 Å². The lowest BCUT2D eigenvalue weighted by Crippen LogP contribution is -2.38. The normalized spacial score (nSPS) is 18.2. The van der Waals surface area contributed by atoms with Gasteiger partial charge in [0.1, 0.15) is 5.82 Å². The van der Waals surface area contributed by atoms with Crippen LogP contribution in [0.25, 0.3) is 0 Å². The molecule has 1 aromatic carbocycles. The van der Waals surface area contributed by atoms with Gasteiger partial charge in [-0.3, -0.25) is 9.59 Å². The molecule has 4 nitrogen and oxygen atoms in total. The van der Waals surface area contributed by atoms with Crippen LogP contribution in [0.5, 0.6) is 0 Å². The highest BCUT2D eigenvalue weighted by Crippen LogP contribution is 2.19. The highest BCUT2D eigenvalue weighted by Gasteiger charge is 2.34. The second kappa shape index (κ2) is 10.3. The molecule has 2 unspecified atom stereocenters. The molecule has 2 atom stereocenters. The van der Waals surface area contributed by atoms with E-state index in [0.717, 1.165) is 18.4 Å². The van der Waals surface area contributed by atoms with Gasteiger partial charge in [-0.25, -0.2) is 4.39 Å². The van der Waals surface area contributed by atoms with Crippen molar-refractivity contribution in [3.8, 4) is 0 Å². The van der Waals surface area contributed by atoms with Crippen LogP contribution in [0.2, 0.25) is 0 Å². The molecule has 26 heavy (non-hydrogen) atoms. The number of halogens is 1. The first kappa shape index (κ1) is 20.4. The number of hydrogen-bond donors (Lipinski definition) is 1. The molecule has 0 aliphatic carbocycles. The highest BCUT2D eigenvalue weighted by atomic mass is 19.1. The third-order valence-corrected chi connectivity index (χ3v) is 5.05. The Balaban J connectivity index is 1.73. The van der Waals surface area contributed by atoms with E-state index >= 15 is 0 Å². The van der Waals surface area contributed by atoms with Crippen LogP contribution in [0, 0.1) is 11.7 Å². The number of likely N-dealkylation sites (tertiary alicyclic amines) is 1. The third kappa shape index (κ3) is 6.43. The molecular weight excluding hydrogens is 331 g/mol. The highest BCUT2D eigenvalue weighted by molar-refractivity contribution is 5.89. The van der Waals surface area contributed by atoms with Gasteiger partial charge < -0.3 is 10.2 Å². The summed E-state index contributed by atoms with van der Waals surface area (Å²) in [4.78, 5) is 26.3. The fourth-order valence-electron chi connectivity index (χ4n) is 3.39. The van der Waals surface area contributed by atoms with Gasteiger partial charge in [0.2, 0.25) is 11.8 Å². The maximum absolute atomic E-state index is 12.9. The smallest absolute Gasteiger partial charge is 0.225 e. The fourth-order valence-corrected chi connectivity index (χ4v) is 3.39. The van der Waals surface area contributed by atoms with Crippen LogP contribution >= 0.6 is 0 Å². The summed E-state index contributed by atoms with van der Waals surface area (Å²) in [5, 5.41) is 3.06. The Kier molecular flexibility index (Phi) is 8.07. The zero-order chi connectivity index (χ0) is 18.9. The van der Waals surface area contributed by atoms with Gasteiger partial charge in [-0.2, -0.15) is 0 Å². The first-order valence-corrected chi connectivity index (χ1v) is 9.82. The van der Waals surface area contributed by atoms with E-state index in [1.165, 1.54) is 31.4 Å². The second-order valence-electron chi connectivity index (χ2n) is 7.38. The van der Waals surface area contributed by atoms with Crippen LogP contribution in [0.15, 0.2) is 24.3 Å². The monoisotopic (exact) mass is 362 g/mol. The van der Waals surface area contributed by atoms with Crippen molar-refractivity contribution in [3.05, 3.63) is 35.6 Å². The molecule has 144 valence electrons. The van der Waals surface area contributed by atoms with Crippen molar-refractivity contribution in [2.45, 2.75) is 64.8 Å². The van der Waals surface area contributed by atoms with Crippen molar-refractivity contribution >= 4 is 11.8 Å². The molecule has 1 aliphatic heterocycles. The minimum absolute atomic E-state index is 0.00868. The van der Waals surface area contributed by atoms with Gasteiger partial charge in [0, 0.05) is 25.6 Å². The lowest BCUT2D eigenvalue weighted by atomic mass is 10.1. The molecule has 1 aliphatic rings. The van der Waals surface area contributed by atoms with Crippen molar-refractivity contribution in [3.63, 3.8) is 0 Å². The molecular formula is C21H31FN2O2. The lowest BCUT2D eigenvalue weighted by Gasteiger charge is -2.18. The van der Waals surface area contributed by atoms with Crippen LogP contribution in [-0.4, -0.2) is 35.8 Å². The van der Waals surface area contributed by atoms with Crippen molar-refractivity contribution in [2.75, 3.05) is 13.1 Å². The zero-order valence-corrected chi connectivity index (χ0v) is 16.0. The average molecular weight is 362 g/mol. The fraction of sp³-hybridized carbons (Fsp3) is 0.619. The lowest BCUT2D eigenvalue weighted by molar-refractivity contribution is -0.129. The second-order valence-corrected chi connectivity index (χ2v) is 7.38. The van der Waals surface area contributed by atoms with E-state index in [4.69, 9.17) is 0 Å². The van der Waals surface area contributed by atoms with Gasteiger partial charge in [0.05, 0.1) is 5.92 Å². The SMILES string of the molecule is CCCCCCC(C)NC(=O)C1CC(=O)N(CCc2ccc(F)cc2)C1. The molecule has 0 aromatic heterocycles. The Hall–Kier alpha value is -1.91. The molecule has 0 saturated carbocycles. The minimum atomic E-state index is -0.258. The molecule has 1 fully saturated rings. The van der Waals surface area contributed by atoms with Crippen LogP contribution in [-0.2, 0) is 16.0 Å². The number of unbranched alkanes of at least 4 members (excludes halogenated alkanes) is 3. The summed E-state index contributed by atoms with van der Waals surface area (Å²) in [6.45, 7) is 5.27. The number of rotatable bonds is 10. The number of nitrogens with one attached hydrogen (secondary N) is 1. The number of carbonyl (C=O) groups excluding carboxylic acids is 2. The Morgan fingerprint density at radius 1 is 1.27 bits per heavy atom. The van der Waals surface area contributed by atoms with E-state index in [1.54, 1.807) is 17.0 Å². The van der Waals surface area contributed by atoms with E-state index < -0.39 is 0 Å². The molecule has 5 heteroatoms. The quantitative estimate of drug-likeness (QED) is 0.645. The van der Waals surface area contributed by atoms with Crippen LogP contribution in [0.4, 0.5) is 4.39 Å². The van der Waals surface area contributed by atoms with E-state index in [0.29, 0.717) is 19.5 Å². The number of nitrogens with zero attached hydrogens (tertiary/aromatic N) is 1. The summed E-state index contributed by atoms with van der Waals surface area (Å²) < 4.78 is 12.9. The summed E-state index contributed by atoms with van der Waals surface area (Å²) in [6.07, 6.45) is 6.73. The van der Waals surface area contributed by atoms with Gasteiger partial charge >= 0.3 is 0 Å². The molecule has 2 amide bonds. The van der Waals surface area contributed by atoms with Gasteiger partial charge in [-0.15, -0.1) is 0 Å². The van der Waals surface area contributed by atoms with E-state index in [9.17, 15) is 14.0 Å². The predicted octanol–water partition coefficient (Wildman–Crippen LogP) is 3.69. The Morgan fingerprint density at radius 3 is 2.69 bits per heavy atom. The Bertz CT molecular complexity index is 588. The van der Waals surface area contributed by atoms with Crippen molar-refractivity contribution < 1.29 is 14.0 Å². The summed E-state index contributed by atoms with van der Waals surface area (Å²) in [6, 6.07) is 6.49. The zero-order valence-electron chi connectivity index (χ0n) is 16.0. The summed E-state index contributed by atoms with van der Waals surface area (Å²) in [5.74, 6) is -0.492. The first-order valence-electron chi connectivity index (χ1n) is 9.82. The molecule has 0 spiro atoms. The summed E-state index contributed by atoms with van der Waals surface area (Å²) in [7, 11) is 0. The largest absolute Gasteiger partial charge is 0.353 e. The maximum atomic E-state index is 12.9. The summed E-state index contributed by atoms with van der Waals surface area (Å²) >= 11 is 0. The molecule has 2 rings (SSSR count). The Morgan fingerprint density at radius 2 is 2.00 bits per heavy atom. The third-order valence-electron chi connectivity index (χ3n) is 5.05. The number of benzene rings is 1. The maximum Gasteiger partial charge on any atom is 0.225 e. The average Bonchev–Trinajstić information content (AvgIpc) is 2.99. The molecule has 1 aromatic rings. The van der Waals surface area contributed by atoms with Crippen molar-refractivity contribution in [1.29, 1.82) is 0 Å². The minimum Gasteiger partial charge on any atom is -0.353 e. The van der Waals surface area contributed by atoms with Gasteiger partial charge in [0.25, 0.3) is 0 Å². The topological polar surface area (TPSA) is 49.4 Å². The number of amides is 2. The van der Waals surface area contributed by atoms with Gasteiger partial charge in [-0.1, -0.05) is 44.7 Å². The van der Waals surface area contributed by atoms with Crippen LogP contribution in [0.1, 0.15) is 57.9 Å². The van der Waals surface area contributed by atoms with Crippen molar-refractivity contribution in [1.82, 2.24) is 10.2 Å². The molecule has 1 saturated heterocycles. The van der Waals surface area contributed by atoms with E-state index in [-0.39, 0.29) is 36.0 Å². The molecule has 1 heterocycles. The van der Waals surface area contributed by atoms with E-state index in [2.05, 4.69) is 12.2 Å². The van der Waals surface area contributed by atoms with Gasteiger partial charge in [-0.05, 0) is 37.5 Å². The first-order chi connectivity index (χ1) is 12.5. The number of hydrogen-bond acceptors (Lipinski definition) is 2. The molecule has 0 radical (unpaired) electrons.